The van der Waals surface area contributed by atoms with Crippen LogP contribution in [0.15, 0.2) is 4.99 Å². The van der Waals surface area contributed by atoms with Crippen LogP contribution in [-0.4, -0.2) is 49.0 Å². The summed E-state index contributed by atoms with van der Waals surface area (Å²) in [6, 6.07) is 0.641. The molecule has 82 valence electrons. The van der Waals surface area contributed by atoms with E-state index in [0.29, 0.717) is 6.04 Å². The third-order valence-corrected chi connectivity index (χ3v) is 4.18. The summed E-state index contributed by atoms with van der Waals surface area (Å²) < 4.78 is 0. The van der Waals surface area contributed by atoms with E-state index in [4.69, 9.17) is 0 Å². The van der Waals surface area contributed by atoms with Gasteiger partial charge in [-0.2, -0.15) is 11.8 Å². The van der Waals surface area contributed by atoms with Crippen LogP contribution >= 0.6 is 11.8 Å². The summed E-state index contributed by atoms with van der Waals surface area (Å²) in [4.78, 5) is 6.49. The van der Waals surface area contributed by atoms with Crippen LogP contribution in [0.2, 0.25) is 0 Å². The molecule has 0 aromatic rings. The molecule has 1 rings (SSSR count). The van der Waals surface area contributed by atoms with E-state index < -0.39 is 0 Å². The first kappa shape index (κ1) is 11.7. The van der Waals surface area contributed by atoms with Crippen LogP contribution in [0.25, 0.3) is 0 Å². The Morgan fingerprint density at radius 1 is 1.50 bits per heavy atom. The number of guanidine groups is 1. The summed E-state index contributed by atoms with van der Waals surface area (Å²) in [5.74, 6) is 2.21. The van der Waals surface area contributed by atoms with Crippen LogP contribution in [0.1, 0.15) is 19.8 Å². The lowest BCUT2D eigenvalue weighted by Crippen LogP contribution is -2.46. The van der Waals surface area contributed by atoms with Crippen molar-refractivity contribution in [2.24, 2.45) is 4.99 Å². The topological polar surface area (TPSA) is 27.6 Å². The third kappa shape index (κ3) is 2.80. The lowest BCUT2D eigenvalue weighted by molar-refractivity contribution is 0.351. The van der Waals surface area contributed by atoms with Crippen molar-refractivity contribution in [3.63, 3.8) is 0 Å². The lowest BCUT2D eigenvalue weighted by Gasteiger charge is -2.34. The van der Waals surface area contributed by atoms with E-state index in [-0.39, 0.29) is 0 Å². The van der Waals surface area contributed by atoms with Crippen LogP contribution < -0.4 is 5.32 Å². The van der Waals surface area contributed by atoms with E-state index in [0.717, 1.165) is 11.2 Å². The number of hydrogen-bond acceptors (Lipinski definition) is 2. The Bertz CT molecular complexity index is 198. The van der Waals surface area contributed by atoms with Gasteiger partial charge >= 0.3 is 0 Å². The average Bonchev–Trinajstić information content (AvgIpc) is 2.20. The van der Waals surface area contributed by atoms with Crippen molar-refractivity contribution in [2.45, 2.75) is 31.1 Å². The molecule has 4 heteroatoms. The minimum absolute atomic E-state index is 0.641. The molecule has 0 spiro atoms. The van der Waals surface area contributed by atoms with Crippen molar-refractivity contribution in [1.29, 1.82) is 0 Å². The smallest absolute Gasteiger partial charge is 0.193 e. The standard InChI is InChI=1S/C10H21N3S/c1-8-5-6-9(7-14-8)13(4)10(11-2)12-3/h8-9H,5-7H2,1-4H3,(H,11,12). The Labute approximate surface area is 91.3 Å². The second-order valence-corrected chi connectivity index (χ2v) is 5.25. The number of hydrogen-bond donors (Lipinski definition) is 1. The molecule has 2 atom stereocenters. The summed E-state index contributed by atoms with van der Waals surface area (Å²) in [6.45, 7) is 2.31. The van der Waals surface area contributed by atoms with Crippen molar-refractivity contribution < 1.29 is 0 Å². The van der Waals surface area contributed by atoms with Gasteiger partial charge in [0, 0.05) is 38.2 Å². The van der Waals surface area contributed by atoms with Gasteiger partial charge in [0.2, 0.25) is 0 Å². The Hall–Kier alpha value is -0.380. The molecule has 0 aromatic carbocycles. The zero-order valence-corrected chi connectivity index (χ0v) is 10.4. The van der Waals surface area contributed by atoms with E-state index >= 15 is 0 Å². The van der Waals surface area contributed by atoms with Gasteiger partial charge in [0.05, 0.1) is 0 Å². The van der Waals surface area contributed by atoms with E-state index in [2.05, 4.69) is 40.9 Å². The van der Waals surface area contributed by atoms with Gasteiger partial charge in [-0.15, -0.1) is 0 Å². The van der Waals surface area contributed by atoms with Crippen molar-refractivity contribution in [1.82, 2.24) is 10.2 Å². The number of rotatable bonds is 1. The molecule has 0 bridgehead atoms. The highest BCUT2D eigenvalue weighted by Gasteiger charge is 2.23. The van der Waals surface area contributed by atoms with Crippen molar-refractivity contribution in [3.8, 4) is 0 Å². The molecule has 14 heavy (non-hydrogen) atoms. The molecule has 3 nitrogen and oxygen atoms in total. The third-order valence-electron chi connectivity index (χ3n) is 2.80. The van der Waals surface area contributed by atoms with Gasteiger partial charge in [-0.1, -0.05) is 6.92 Å². The van der Waals surface area contributed by atoms with Crippen LogP contribution in [0, 0.1) is 0 Å². The summed E-state index contributed by atoms with van der Waals surface area (Å²) >= 11 is 2.07. The molecular formula is C10H21N3S. The molecule has 1 saturated heterocycles. The summed E-state index contributed by atoms with van der Waals surface area (Å²) in [7, 11) is 5.89. The highest BCUT2D eigenvalue weighted by Crippen LogP contribution is 2.27. The average molecular weight is 215 g/mol. The molecule has 0 amide bonds. The summed E-state index contributed by atoms with van der Waals surface area (Å²) in [5, 5.41) is 3.96. The molecule has 0 radical (unpaired) electrons. The highest BCUT2D eigenvalue weighted by molar-refractivity contribution is 7.99. The number of nitrogens with zero attached hydrogens (tertiary/aromatic N) is 2. The van der Waals surface area contributed by atoms with Crippen molar-refractivity contribution >= 4 is 17.7 Å². The van der Waals surface area contributed by atoms with Gasteiger partial charge < -0.3 is 10.2 Å². The van der Waals surface area contributed by atoms with Gasteiger partial charge in [0.1, 0.15) is 0 Å². The summed E-state index contributed by atoms with van der Waals surface area (Å²) in [5.41, 5.74) is 0. The van der Waals surface area contributed by atoms with Crippen molar-refractivity contribution in [3.05, 3.63) is 0 Å². The molecular weight excluding hydrogens is 194 g/mol. The molecule has 1 aliphatic heterocycles. The van der Waals surface area contributed by atoms with E-state index in [1.165, 1.54) is 18.6 Å². The molecule has 0 aliphatic carbocycles. The molecule has 0 saturated carbocycles. The largest absolute Gasteiger partial charge is 0.359 e. The van der Waals surface area contributed by atoms with Crippen molar-refractivity contribution in [2.75, 3.05) is 26.9 Å². The van der Waals surface area contributed by atoms with Crippen LogP contribution in [-0.2, 0) is 0 Å². The fourth-order valence-corrected chi connectivity index (χ4v) is 3.04. The Kier molecular flexibility index (Phi) is 4.58. The minimum Gasteiger partial charge on any atom is -0.359 e. The zero-order valence-electron chi connectivity index (χ0n) is 9.58. The van der Waals surface area contributed by atoms with E-state index in [1.54, 1.807) is 0 Å². The quantitative estimate of drug-likeness (QED) is 0.529. The first-order valence-corrected chi connectivity index (χ1v) is 6.23. The second kappa shape index (κ2) is 5.49. The fourth-order valence-electron chi connectivity index (χ4n) is 1.79. The lowest BCUT2D eigenvalue weighted by atomic mass is 10.1. The Balaban J connectivity index is 2.48. The molecule has 1 N–H and O–H groups in total. The molecule has 1 aliphatic rings. The van der Waals surface area contributed by atoms with Crippen LogP contribution in [0.3, 0.4) is 0 Å². The Morgan fingerprint density at radius 2 is 2.21 bits per heavy atom. The monoisotopic (exact) mass is 215 g/mol. The first-order chi connectivity index (χ1) is 6.69. The molecule has 1 heterocycles. The molecule has 1 fully saturated rings. The first-order valence-electron chi connectivity index (χ1n) is 5.18. The highest BCUT2D eigenvalue weighted by atomic mass is 32.2. The maximum atomic E-state index is 4.22. The Morgan fingerprint density at radius 3 is 2.64 bits per heavy atom. The predicted octanol–water partition coefficient (Wildman–Crippen LogP) is 1.41. The second-order valence-electron chi connectivity index (χ2n) is 3.78. The van der Waals surface area contributed by atoms with Gasteiger partial charge in [0.15, 0.2) is 5.96 Å². The van der Waals surface area contributed by atoms with E-state index in [1.807, 2.05) is 14.1 Å². The number of nitrogens with one attached hydrogen (secondary N) is 1. The maximum Gasteiger partial charge on any atom is 0.193 e. The molecule has 0 aromatic heterocycles. The van der Waals surface area contributed by atoms with Gasteiger partial charge in [-0.05, 0) is 12.8 Å². The van der Waals surface area contributed by atoms with Gasteiger partial charge in [-0.25, -0.2) is 0 Å². The minimum atomic E-state index is 0.641. The summed E-state index contributed by atoms with van der Waals surface area (Å²) in [6.07, 6.45) is 2.60. The van der Waals surface area contributed by atoms with Gasteiger partial charge in [0.25, 0.3) is 0 Å². The predicted molar refractivity (Wildman–Crippen MR) is 65.1 cm³/mol. The van der Waals surface area contributed by atoms with Gasteiger partial charge in [-0.3, -0.25) is 4.99 Å². The van der Waals surface area contributed by atoms with Crippen LogP contribution in [0.5, 0.6) is 0 Å². The maximum absolute atomic E-state index is 4.22. The SMILES string of the molecule is CN=C(NC)N(C)C1CCC(C)SC1. The van der Waals surface area contributed by atoms with E-state index in [9.17, 15) is 0 Å². The number of thioether (sulfide) groups is 1. The number of aliphatic imine (C=N–C) groups is 1. The molecule has 2 unspecified atom stereocenters. The normalized spacial score (nSPS) is 28.7. The fraction of sp³-hybridized carbons (Fsp3) is 0.900. The van der Waals surface area contributed by atoms with Crippen LogP contribution in [0.4, 0.5) is 0 Å². The zero-order chi connectivity index (χ0) is 10.6.